The number of likely N-dealkylation sites (tertiary alicyclic amines) is 1. The molecule has 2 nitrogen and oxygen atoms in total. The highest BCUT2D eigenvalue weighted by Gasteiger charge is 2.67. The summed E-state index contributed by atoms with van der Waals surface area (Å²) < 4.78 is 0. The van der Waals surface area contributed by atoms with E-state index in [1.807, 2.05) is 0 Å². The Bertz CT molecular complexity index is 388. The van der Waals surface area contributed by atoms with Gasteiger partial charge in [-0.2, -0.15) is 0 Å². The van der Waals surface area contributed by atoms with E-state index in [2.05, 4.69) is 24.1 Å². The van der Waals surface area contributed by atoms with Crippen LogP contribution in [0.1, 0.15) is 25.7 Å². The number of allylic oxidation sites excluding steroid dienone is 2. The van der Waals surface area contributed by atoms with Crippen LogP contribution in [0, 0.1) is 23.2 Å². The van der Waals surface area contributed by atoms with Crippen LogP contribution in [0.5, 0.6) is 0 Å². The molecule has 5 unspecified atom stereocenters. The molecule has 4 aliphatic rings. The zero-order valence-electron chi connectivity index (χ0n) is 9.86. The van der Waals surface area contributed by atoms with Crippen molar-refractivity contribution in [1.82, 2.24) is 4.90 Å². The lowest BCUT2D eigenvalue weighted by molar-refractivity contribution is -0.130. The van der Waals surface area contributed by atoms with Crippen LogP contribution >= 0.6 is 0 Å². The Morgan fingerprint density at radius 2 is 2.25 bits per heavy atom. The molecule has 0 amide bonds. The number of rotatable bonds is 0. The summed E-state index contributed by atoms with van der Waals surface area (Å²) in [6.07, 6.45) is 9.88. The highest BCUT2D eigenvalue weighted by molar-refractivity contribution is 5.91. The molecule has 1 saturated heterocycles. The van der Waals surface area contributed by atoms with Crippen LogP contribution in [0.2, 0.25) is 0 Å². The number of fused-ring (bicyclic) bond motifs is 3. The lowest BCUT2D eigenvalue weighted by atomic mass is 9.58. The fourth-order valence-electron chi connectivity index (χ4n) is 5.38. The third-order valence-corrected chi connectivity index (χ3v) is 5.81. The van der Waals surface area contributed by atoms with Crippen molar-refractivity contribution in [3.05, 3.63) is 12.2 Å². The molecule has 4 rings (SSSR count). The fraction of sp³-hybridized carbons (Fsp3) is 0.786. The molecule has 3 aliphatic carbocycles. The number of likely N-dealkylation sites (N-methyl/N-ethyl adjacent to an activating group) is 1. The molecule has 2 heteroatoms. The SMILES string of the molecule is CN1CC(=O)C23C4C=CC(C4)C2CCCC13. The molecular formula is C14H19NO. The minimum Gasteiger partial charge on any atom is -0.298 e. The van der Waals surface area contributed by atoms with E-state index in [4.69, 9.17) is 0 Å². The van der Waals surface area contributed by atoms with Crippen LogP contribution in [0.4, 0.5) is 0 Å². The molecular weight excluding hydrogens is 198 g/mol. The quantitative estimate of drug-likeness (QED) is 0.577. The second-order valence-electron chi connectivity index (χ2n) is 6.22. The molecule has 5 atom stereocenters. The van der Waals surface area contributed by atoms with E-state index in [-0.39, 0.29) is 5.41 Å². The Morgan fingerprint density at radius 3 is 3.12 bits per heavy atom. The summed E-state index contributed by atoms with van der Waals surface area (Å²) in [7, 11) is 2.15. The first kappa shape index (κ1) is 9.41. The summed E-state index contributed by atoms with van der Waals surface area (Å²) in [5.74, 6) is 2.54. The predicted octanol–water partition coefficient (Wildman–Crippen LogP) is 1.86. The van der Waals surface area contributed by atoms with Gasteiger partial charge in [0.05, 0.1) is 12.0 Å². The number of carbonyl (C=O) groups excluding carboxylic acids is 1. The van der Waals surface area contributed by atoms with Gasteiger partial charge in [0.25, 0.3) is 0 Å². The maximum atomic E-state index is 12.5. The van der Waals surface area contributed by atoms with Crippen LogP contribution in [0.3, 0.4) is 0 Å². The van der Waals surface area contributed by atoms with Crippen molar-refractivity contribution in [2.24, 2.45) is 23.2 Å². The lowest BCUT2D eigenvalue weighted by Crippen LogP contribution is -2.51. The minimum absolute atomic E-state index is 0.0480. The lowest BCUT2D eigenvalue weighted by Gasteiger charge is -2.46. The second kappa shape index (κ2) is 2.79. The zero-order valence-corrected chi connectivity index (χ0v) is 9.86. The number of Topliss-reactive ketones (excluding diaryl/α,β-unsaturated/α-hetero) is 1. The molecule has 0 N–H and O–H groups in total. The van der Waals surface area contributed by atoms with E-state index in [0.717, 1.165) is 5.92 Å². The largest absolute Gasteiger partial charge is 0.298 e. The third-order valence-electron chi connectivity index (χ3n) is 5.81. The van der Waals surface area contributed by atoms with Gasteiger partial charge in [-0.3, -0.25) is 9.69 Å². The van der Waals surface area contributed by atoms with Crippen molar-refractivity contribution >= 4 is 5.78 Å². The van der Waals surface area contributed by atoms with Crippen molar-refractivity contribution in [1.29, 1.82) is 0 Å². The predicted molar refractivity (Wildman–Crippen MR) is 61.9 cm³/mol. The Morgan fingerprint density at radius 1 is 1.38 bits per heavy atom. The van der Waals surface area contributed by atoms with Crippen LogP contribution in [0.15, 0.2) is 12.2 Å². The standard InChI is InChI=1S/C14H19NO/c1-15-8-13(16)14-10-6-5-9(7-10)11(14)3-2-4-12(14)15/h5-6,9-12H,2-4,7-8H2,1H3. The van der Waals surface area contributed by atoms with Crippen LogP contribution in [-0.2, 0) is 4.79 Å². The fourth-order valence-corrected chi connectivity index (χ4v) is 5.38. The van der Waals surface area contributed by atoms with Crippen molar-refractivity contribution < 1.29 is 4.79 Å². The molecule has 0 radical (unpaired) electrons. The zero-order chi connectivity index (χ0) is 10.9. The number of hydrogen-bond acceptors (Lipinski definition) is 2. The van der Waals surface area contributed by atoms with E-state index in [1.54, 1.807) is 0 Å². The van der Waals surface area contributed by atoms with Crippen molar-refractivity contribution in [2.75, 3.05) is 13.6 Å². The van der Waals surface area contributed by atoms with Gasteiger partial charge in [-0.1, -0.05) is 18.6 Å². The van der Waals surface area contributed by atoms with Gasteiger partial charge in [0.1, 0.15) is 0 Å². The molecule has 2 bridgehead atoms. The second-order valence-corrected chi connectivity index (χ2v) is 6.22. The van der Waals surface area contributed by atoms with Gasteiger partial charge in [0.15, 0.2) is 5.78 Å². The van der Waals surface area contributed by atoms with Gasteiger partial charge in [0, 0.05) is 6.04 Å². The van der Waals surface area contributed by atoms with E-state index < -0.39 is 0 Å². The summed E-state index contributed by atoms with van der Waals surface area (Å²) in [5, 5.41) is 0. The third kappa shape index (κ3) is 0.806. The number of hydrogen-bond donors (Lipinski definition) is 0. The Balaban J connectivity index is 1.89. The van der Waals surface area contributed by atoms with Gasteiger partial charge in [-0.05, 0) is 44.1 Å². The van der Waals surface area contributed by atoms with Gasteiger partial charge in [-0.15, -0.1) is 0 Å². The van der Waals surface area contributed by atoms with Gasteiger partial charge in [0.2, 0.25) is 0 Å². The number of nitrogens with zero attached hydrogens (tertiary/aromatic N) is 1. The molecule has 2 saturated carbocycles. The van der Waals surface area contributed by atoms with Crippen molar-refractivity contribution in [2.45, 2.75) is 31.7 Å². The number of carbonyl (C=O) groups is 1. The Kier molecular flexibility index (Phi) is 1.64. The van der Waals surface area contributed by atoms with E-state index in [1.165, 1.54) is 25.7 Å². The highest BCUT2D eigenvalue weighted by atomic mass is 16.1. The smallest absolute Gasteiger partial charge is 0.155 e. The van der Waals surface area contributed by atoms with Gasteiger partial charge >= 0.3 is 0 Å². The molecule has 3 fully saturated rings. The molecule has 1 heterocycles. The number of ketones is 1. The summed E-state index contributed by atoms with van der Waals surface area (Å²) in [4.78, 5) is 14.9. The molecule has 1 spiro atoms. The maximum Gasteiger partial charge on any atom is 0.155 e. The molecule has 0 aromatic rings. The van der Waals surface area contributed by atoms with E-state index in [0.29, 0.717) is 30.2 Å². The normalized spacial score (nSPS) is 54.4. The van der Waals surface area contributed by atoms with Crippen LogP contribution in [-0.4, -0.2) is 30.3 Å². The van der Waals surface area contributed by atoms with E-state index in [9.17, 15) is 4.79 Å². The van der Waals surface area contributed by atoms with Gasteiger partial charge in [-0.25, -0.2) is 0 Å². The first-order valence-corrected chi connectivity index (χ1v) is 6.66. The Hall–Kier alpha value is -0.630. The summed E-state index contributed by atoms with van der Waals surface area (Å²) in [6, 6.07) is 0.554. The topological polar surface area (TPSA) is 20.3 Å². The van der Waals surface area contributed by atoms with Crippen molar-refractivity contribution in [3.63, 3.8) is 0 Å². The first-order valence-electron chi connectivity index (χ1n) is 6.66. The summed E-state index contributed by atoms with van der Waals surface area (Å²) in [6.45, 7) is 0.707. The Labute approximate surface area is 96.7 Å². The average molecular weight is 217 g/mol. The van der Waals surface area contributed by atoms with Crippen molar-refractivity contribution in [3.8, 4) is 0 Å². The monoisotopic (exact) mass is 217 g/mol. The van der Waals surface area contributed by atoms with E-state index >= 15 is 0 Å². The molecule has 1 aliphatic heterocycles. The average Bonchev–Trinajstić information content (AvgIpc) is 2.92. The molecule has 0 aromatic heterocycles. The minimum atomic E-state index is 0.0480. The summed E-state index contributed by atoms with van der Waals surface area (Å²) in [5.41, 5.74) is 0.0480. The molecule has 0 aromatic carbocycles. The highest BCUT2D eigenvalue weighted by Crippen LogP contribution is 2.65. The van der Waals surface area contributed by atoms with Gasteiger partial charge < -0.3 is 0 Å². The maximum absolute atomic E-state index is 12.5. The molecule has 16 heavy (non-hydrogen) atoms. The molecule has 86 valence electrons. The van der Waals surface area contributed by atoms with Crippen LogP contribution < -0.4 is 0 Å². The first-order chi connectivity index (χ1) is 7.74. The summed E-state index contributed by atoms with van der Waals surface area (Å²) >= 11 is 0. The van der Waals surface area contributed by atoms with Crippen LogP contribution in [0.25, 0.3) is 0 Å².